The van der Waals surface area contributed by atoms with Crippen molar-refractivity contribution in [3.63, 3.8) is 0 Å². The van der Waals surface area contributed by atoms with Gasteiger partial charge in [0, 0.05) is 5.56 Å². The van der Waals surface area contributed by atoms with Crippen molar-refractivity contribution in [3.8, 4) is 17.2 Å². The summed E-state index contributed by atoms with van der Waals surface area (Å²) in [4.78, 5) is 14.2. The lowest BCUT2D eigenvalue weighted by molar-refractivity contribution is -0.133. The monoisotopic (exact) mass is 405 g/mol. The maximum Gasteiger partial charge on any atom is 0.313 e. The number of carboxylic acids is 1. The maximum absolute atomic E-state index is 13.9. The number of hydrogen-bond acceptors (Lipinski definition) is 5. The number of phenolic OH excluding ortho intramolecular Hbond substituents is 1. The average Bonchev–Trinajstić information content (AvgIpc) is 2.54. The highest BCUT2D eigenvalue weighted by Gasteiger charge is 2.21. The third-order valence-corrected chi connectivity index (χ3v) is 4.89. The predicted molar refractivity (Wildman–Crippen MR) is 94.8 cm³/mol. The molecule has 1 heterocycles. The molecule has 0 spiro atoms. The van der Waals surface area contributed by atoms with Gasteiger partial charge in [0.2, 0.25) is 5.95 Å². The van der Waals surface area contributed by atoms with E-state index in [1.165, 1.54) is 12.1 Å². The summed E-state index contributed by atoms with van der Waals surface area (Å²) in [6, 6.07) is 4.52. The van der Waals surface area contributed by atoms with Gasteiger partial charge < -0.3 is 14.9 Å². The summed E-state index contributed by atoms with van der Waals surface area (Å²) in [6.07, 6.45) is 0. The van der Waals surface area contributed by atoms with E-state index in [4.69, 9.17) is 33.0 Å². The molecular weight excluding hydrogens is 392 g/mol. The first-order valence-electron chi connectivity index (χ1n) is 7.10. The fourth-order valence-corrected chi connectivity index (χ4v) is 3.15. The van der Waals surface area contributed by atoms with Crippen molar-refractivity contribution in [3.05, 3.63) is 39.8 Å². The predicted octanol–water partition coefficient (Wildman–Crippen LogP) is 5.33. The van der Waals surface area contributed by atoms with E-state index in [2.05, 4.69) is 4.98 Å². The summed E-state index contributed by atoms with van der Waals surface area (Å²) in [5.41, 5.74) is 0.639. The molecule has 0 saturated heterocycles. The van der Waals surface area contributed by atoms with Crippen molar-refractivity contribution < 1.29 is 24.1 Å². The number of hydrogen-bond donors (Lipinski definition) is 2. The van der Waals surface area contributed by atoms with Crippen LogP contribution < -0.4 is 4.74 Å². The highest BCUT2D eigenvalue weighted by molar-refractivity contribution is 8.00. The van der Waals surface area contributed by atoms with E-state index < -0.39 is 16.9 Å². The summed E-state index contributed by atoms with van der Waals surface area (Å²) < 4.78 is 19.5. The number of phenols is 1. The van der Waals surface area contributed by atoms with Crippen LogP contribution in [0.25, 0.3) is 0 Å². The van der Waals surface area contributed by atoms with Crippen LogP contribution in [0.3, 0.4) is 0 Å². The molecule has 25 heavy (non-hydrogen) atoms. The first-order valence-corrected chi connectivity index (χ1v) is 8.84. The number of carbonyl (C=O) groups is 1. The third kappa shape index (κ3) is 4.68. The van der Waals surface area contributed by atoms with Crippen LogP contribution in [-0.2, 0) is 4.79 Å². The minimum Gasteiger partial charge on any atom is -0.508 e. The molecule has 2 N–H and O–H groups in total. The van der Waals surface area contributed by atoms with Gasteiger partial charge in [0.1, 0.15) is 26.6 Å². The van der Waals surface area contributed by atoms with Gasteiger partial charge in [-0.05, 0) is 24.1 Å². The number of halogens is 3. The van der Waals surface area contributed by atoms with Crippen molar-refractivity contribution in [1.82, 2.24) is 4.98 Å². The topological polar surface area (TPSA) is 79.7 Å². The largest absolute Gasteiger partial charge is 0.508 e. The van der Waals surface area contributed by atoms with Crippen molar-refractivity contribution >= 4 is 40.9 Å². The summed E-state index contributed by atoms with van der Waals surface area (Å²) in [5.74, 6) is -2.18. The number of thioether (sulfide) groups is 1. The number of nitrogens with zero attached hydrogens (tertiary/aromatic N) is 1. The van der Waals surface area contributed by atoms with Crippen LogP contribution >= 0.6 is 35.0 Å². The van der Waals surface area contributed by atoms with Gasteiger partial charge in [0.15, 0.2) is 5.75 Å². The van der Waals surface area contributed by atoms with Crippen molar-refractivity contribution in [2.75, 3.05) is 5.75 Å². The molecule has 0 unspecified atom stereocenters. The maximum atomic E-state index is 13.9. The van der Waals surface area contributed by atoms with Crippen LogP contribution in [0.1, 0.15) is 25.3 Å². The van der Waals surface area contributed by atoms with Crippen molar-refractivity contribution in [2.45, 2.75) is 24.8 Å². The Hall–Kier alpha value is -1.70. The van der Waals surface area contributed by atoms with E-state index in [0.29, 0.717) is 11.3 Å². The molecule has 0 aliphatic carbocycles. The number of pyridine rings is 1. The number of aliphatic carboxylic acids is 1. The SMILES string of the molecule is CC(C)c1cc(Oc2c(Cl)c(F)nc(SCC(=O)O)c2Cl)ccc1O. The van der Waals surface area contributed by atoms with Crippen molar-refractivity contribution in [2.24, 2.45) is 0 Å². The summed E-state index contributed by atoms with van der Waals surface area (Å²) >= 11 is 12.8. The lowest BCUT2D eigenvalue weighted by Crippen LogP contribution is -2.01. The lowest BCUT2D eigenvalue weighted by atomic mass is 10.0. The van der Waals surface area contributed by atoms with Crippen LogP contribution in [-0.4, -0.2) is 26.9 Å². The Labute approximate surface area is 157 Å². The summed E-state index contributed by atoms with van der Waals surface area (Å²) in [5, 5.41) is 18.1. The van der Waals surface area contributed by atoms with Gasteiger partial charge in [-0.1, -0.05) is 48.8 Å². The fraction of sp³-hybridized carbons (Fsp3) is 0.250. The van der Waals surface area contributed by atoms with Crippen LogP contribution in [0.5, 0.6) is 17.2 Å². The van der Waals surface area contributed by atoms with Crippen LogP contribution in [0.2, 0.25) is 10.0 Å². The molecule has 134 valence electrons. The van der Waals surface area contributed by atoms with Gasteiger partial charge in [-0.25, -0.2) is 4.98 Å². The molecule has 0 radical (unpaired) electrons. The molecule has 5 nitrogen and oxygen atoms in total. The van der Waals surface area contributed by atoms with Gasteiger partial charge in [-0.15, -0.1) is 0 Å². The number of aromatic nitrogens is 1. The molecule has 0 aliphatic heterocycles. The highest BCUT2D eigenvalue weighted by Crippen LogP contribution is 2.43. The van der Waals surface area contributed by atoms with Crippen LogP contribution in [0.15, 0.2) is 23.2 Å². The standard InChI is InChI=1S/C16H14Cl2FNO4S/c1-7(2)9-5-8(3-4-10(9)21)24-14-12(17)15(19)20-16(13(14)18)25-6-11(22)23/h3-5,7,21H,6H2,1-2H3,(H,22,23). The molecule has 0 bridgehead atoms. The first kappa shape index (κ1) is 19.6. The number of aromatic hydroxyl groups is 1. The second-order valence-electron chi connectivity index (χ2n) is 5.32. The number of carboxylic acid groups (broad SMARTS) is 1. The highest BCUT2D eigenvalue weighted by atomic mass is 35.5. The molecule has 2 aromatic rings. The Morgan fingerprint density at radius 2 is 2.04 bits per heavy atom. The van der Waals surface area contributed by atoms with E-state index in [-0.39, 0.29) is 33.2 Å². The zero-order valence-corrected chi connectivity index (χ0v) is 15.5. The van der Waals surface area contributed by atoms with E-state index in [1.807, 2.05) is 13.8 Å². The van der Waals surface area contributed by atoms with Gasteiger partial charge in [0.25, 0.3) is 0 Å². The summed E-state index contributed by atoms with van der Waals surface area (Å²) in [6.45, 7) is 3.79. The second kappa shape index (κ2) is 8.12. The molecule has 1 aromatic heterocycles. The molecular formula is C16H14Cl2FNO4S. The van der Waals surface area contributed by atoms with Crippen LogP contribution in [0, 0.1) is 5.95 Å². The molecule has 9 heteroatoms. The zero-order chi connectivity index (χ0) is 18.7. The van der Waals surface area contributed by atoms with E-state index in [0.717, 1.165) is 11.8 Å². The van der Waals surface area contributed by atoms with E-state index in [9.17, 15) is 14.3 Å². The summed E-state index contributed by atoms with van der Waals surface area (Å²) in [7, 11) is 0. The Morgan fingerprint density at radius 1 is 1.36 bits per heavy atom. The Balaban J connectivity index is 2.42. The number of ether oxygens (including phenoxy) is 1. The molecule has 0 atom stereocenters. The molecule has 2 rings (SSSR count). The smallest absolute Gasteiger partial charge is 0.313 e. The Bertz CT molecular complexity index is 817. The van der Waals surface area contributed by atoms with Gasteiger partial charge in [-0.2, -0.15) is 4.39 Å². The normalized spacial score (nSPS) is 11.0. The van der Waals surface area contributed by atoms with Crippen LogP contribution in [0.4, 0.5) is 4.39 Å². The minimum atomic E-state index is -1.10. The Kier molecular flexibility index (Phi) is 6.37. The molecule has 0 saturated carbocycles. The molecule has 0 aliphatic rings. The van der Waals surface area contributed by atoms with Crippen molar-refractivity contribution in [1.29, 1.82) is 0 Å². The fourth-order valence-electron chi connectivity index (χ4n) is 1.97. The van der Waals surface area contributed by atoms with Gasteiger partial charge in [-0.3, -0.25) is 4.79 Å². The molecule has 0 fully saturated rings. The van der Waals surface area contributed by atoms with Gasteiger partial charge >= 0.3 is 5.97 Å². The zero-order valence-electron chi connectivity index (χ0n) is 13.2. The average molecular weight is 406 g/mol. The second-order valence-corrected chi connectivity index (χ2v) is 7.04. The van der Waals surface area contributed by atoms with E-state index in [1.54, 1.807) is 6.07 Å². The van der Waals surface area contributed by atoms with E-state index >= 15 is 0 Å². The van der Waals surface area contributed by atoms with Gasteiger partial charge in [0.05, 0.1) is 5.75 Å². The lowest BCUT2D eigenvalue weighted by Gasteiger charge is -2.14. The quantitative estimate of drug-likeness (QED) is 0.499. The Morgan fingerprint density at radius 3 is 2.64 bits per heavy atom. The molecule has 1 aromatic carbocycles. The minimum absolute atomic E-state index is 0.0327. The molecule has 0 amide bonds. The number of benzene rings is 1. The third-order valence-electron chi connectivity index (χ3n) is 3.14. The first-order chi connectivity index (χ1) is 11.7. The number of rotatable bonds is 6.